The molecule has 6 heteroatoms. The summed E-state index contributed by atoms with van der Waals surface area (Å²) in [5.74, 6) is 2.26. The lowest BCUT2D eigenvalue weighted by atomic mass is 9.89. The molecule has 0 aromatic heterocycles. The number of rotatable bonds is 3. The van der Waals surface area contributed by atoms with Gasteiger partial charge in [-0.25, -0.2) is 0 Å². The standard InChI is InChI=1S/C24H18O6/c1-27-17-6-3-15(4-7-17)24-19(10-14-2-8-21-22(11-14)29-13-28-21)23(26)18-12-16(25)5-9-20(18)30-24/h2-12,24-25H,13H2,1H3. The van der Waals surface area contributed by atoms with Crippen LogP contribution in [-0.2, 0) is 0 Å². The van der Waals surface area contributed by atoms with E-state index in [4.69, 9.17) is 18.9 Å². The molecule has 30 heavy (non-hydrogen) atoms. The zero-order valence-electron chi connectivity index (χ0n) is 16.1. The summed E-state index contributed by atoms with van der Waals surface area (Å²) in [6, 6.07) is 17.4. The summed E-state index contributed by atoms with van der Waals surface area (Å²) in [5, 5.41) is 9.86. The molecule has 0 fully saturated rings. The molecule has 3 aromatic carbocycles. The summed E-state index contributed by atoms with van der Waals surface area (Å²) in [7, 11) is 1.60. The first kappa shape index (κ1) is 18.1. The second kappa shape index (κ2) is 7.15. The number of aromatic hydroxyl groups is 1. The van der Waals surface area contributed by atoms with Crippen molar-refractivity contribution in [3.8, 4) is 28.7 Å². The first-order valence-corrected chi connectivity index (χ1v) is 9.42. The summed E-state index contributed by atoms with van der Waals surface area (Å²) in [4.78, 5) is 13.4. The second-order valence-corrected chi connectivity index (χ2v) is 6.99. The van der Waals surface area contributed by atoms with E-state index in [0.29, 0.717) is 34.1 Å². The monoisotopic (exact) mass is 402 g/mol. The van der Waals surface area contributed by atoms with Crippen LogP contribution in [-0.4, -0.2) is 24.8 Å². The molecule has 0 spiro atoms. The molecule has 0 saturated carbocycles. The second-order valence-electron chi connectivity index (χ2n) is 6.99. The minimum Gasteiger partial charge on any atom is -0.508 e. The van der Waals surface area contributed by atoms with E-state index in [1.165, 1.54) is 12.1 Å². The highest BCUT2D eigenvalue weighted by Gasteiger charge is 2.33. The van der Waals surface area contributed by atoms with Crippen LogP contribution in [0.2, 0.25) is 0 Å². The predicted octanol–water partition coefficient (Wildman–Crippen LogP) is 4.53. The van der Waals surface area contributed by atoms with Crippen molar-refractivity contribution in [2.45, 2.75) is 6.10 Å². The first-order valence-electron chi connectivity index (χ1n) is 9.42. The lowest BCUT2D eigenvalue weighted by Crippen LogP contribution is -2.23. The number of phenolic OH excluding ortho intramolecular Hbond substituents is 1. The molecule has 1 atom stereocenters. The Kier molecular flexibility index (Phi) is 4.32. The van der Waals surface area contributed by atoms with E-state index in [9.17, 15) is 9.90 Å². The van der Waals surface area contributed by atoms with Crippen molar-refractivity contribution >= 4 is 11.9 Å². The lowest BCUT2D eigenvalue weighted by molar-refractivity contribution is 0.0963. The highest BCUT2D eigenvalue weighted by Crippen LogP contribution is 2.41. The Labute approximate surface area is 172 Å². The molecule has 150 valence electrons. The Bertz CT molecular complexity index is 1160. The minimum absolute atomic E-state index is 0.0102. The van der Waals surface area contributed by atoms with Gasteiger partial charge in [-0.3, -0.25) is 4.79 Å². The number of methoxy groups -OCH3 is 1. The van der Waals surface area contributed by atoms with E-state index in [2.05, 4.69) is 0 Å². The zero-order valence-corrected chi connectivity index (χ0v) is 16.1. The highest BCUT2D eigenvalue weighted by molar-refractivity contribution is 6.14. The quantitative estimate of drug-likeness (QED) is 0.649. The molecular weight excluding hydrogens is 384 g/mol. The van der Waals surface area contributed by atoms with Crippen molar-refractivity contribution < 1.29 is 28.8 Å². The third kappa shape index (κ3) is 3.12. The number of hydrogen-bond acceptors (Lipinski definition) is 6. The number of fused-ring (bicyclic) bond motifs is 2. The minimum atomic E-state index is -0.606. The Morgan fingerprint density at radius 1 is 0.967 bits per heavy atom. The summed E-state index contributed by atoms with van der Waals surface area (Å²) in [6.45, 7) is 0.179. The van der Waals surface area contributed by atoms with Gasteiger partial charge in [-0.2, -0.15) is 0 Å². The molecule has 6 nitrogen and oxygen atoms in total. The molecule has 1 N–H and O–H groups in total. The summed E-state index contributed by atoms with van der Waals surface area (Å²) in [5.41, 5.74) is 2.38. The van der Waals surface area contributed by atoms with Crippen molar-refractivity contribution in [1.29, 1.82) is 0 Å². The van der Waals surface area contributed by atoms with Gasteiger partial charge in [-0.1, -0.05) is 18.2 Å². The maximum atomic E-state index is 13.4. The Morgan fingerprint density at radius 3 is 2.53 bits per heavy atom. The van der Waals surface area contributed by atoms with Crippen molar-refractivity contribution in [1.82, 2.24) is 0 Å². The molecule has 0 radical (unpaired) electrons. The highest BCUT2D eigenvalue weighted by atomic mass is 16.7. The van der Waals surface area contributed by atoms with Crippen molar-refractivity contribution in [3.05, 3.63) is 82.9 Å². The normalized spacial score (nSPS) is 18.1. The predicted molar refractivity (Wildman–Crippen MR) is 109 cm³/mol. The first-order chi connectivity index (χ1) is 14.6. The van der Waals surface area contributed by atoms with Gasteiger partial charge >= 0.3 is 0 Å². The summed E-state index contributed by atoms with van der Waals surface area (Å²) in [6.07, 6.45) is 1.18. The van der Waals surface area contributed by atoms with Crippen LogP contribution in [0.1, 0.15) is 27.6 Å². The average Bonchev–Trinajstić information content (AvgIpc) is 3.24. The van der Waals surface area contributed by atoms with Crippen molar-refractivity contribution in [3.63, 3.8) is 0 Å². The zero-order chi connectivity index (χ0) is 20.7. The van der Waals surface area contributed by atoms with E-state index in [-0.39, 0.29) is 18.3 Å². The Morgan fingerprint density at radius 2 is 1.73 bits per heavy atom. The third-order valence-electron chi connectivity index (χ3n) is 5.13. The molecule has 2 aliphatic rings. The van der Waals surface area contributed by atoms with Crippen LogP contribution in [0.5, 0.6) is 28.7 Å². The third-order valence-corrected chi connectivity index (χ3v) is 5.13. The van der Waals surface area contributed by atoms with Gasteiger partial charge in [0.25, 0.3) is 0 Å². The van der Waals surface area contributed by atoms with E-state index in [1.807, 2.05) is 42.5 Å². The van der Waals surface area contributed by atoms with Gasteiger partial charge in [-0.05, 0) is 59.7 Å². The molecule has 0 aliphatic carbocycles. The molecule has 0 amide bonds. The van der Waals surface area contributed by atoms with Crippen molar-refractivity contribution in [2.75, 3.05) is 13.9 Å². The van der Waals surface area contributed by atoms with Gasteiger partial charge in [0.15, 0.2) is 23.4 Å². The number of carbonyl (C=O) groups is 1. The number of carbonyl (C=O) groups excluding carboxylic acids is 1. The van der Waals surface area contributed by atoms with Crippen molar-refractivity contribution in [2.24, 2.45) is 0 Å². The summed E-state index contributed by atoms with van der Waals surface area (Å²) < 4.78 is 22.2. The summed E-state index contributed by atoms with van der Waals surface area (Å²) >= 11 is 0. The van der Waals surface area contributed by atoms with Gasteiger partial charge in [0.05, 0.1) is 12.7 Å². The largest absolute Gasteiger partial charge is 0.508 e. The number of ketones is 1. The van der Waals surface area contributed by atoms with Gasteiger partial charge in [0.2, 0.25) is 6.79 Å². The molecule has 2 heterocycles. The maximum absolute atomic E-state index is 13.4. The van der Waals surface area contributed by atoms with Crippen LogP contribution >= 0.6 is 0 Å². The smallest absolute Gasteiger partial charge is 0.231 e. The number of phenols is 1. The molecular formula is C24H18O6. The number of ether oxygens (including phenoxy) is 4. The molecule has 0 bridgehead atoms. The maximum Gasteiger partial charge on any atom is 0.231 e. The van der Waals surface area contributed by atoms with E-state index in [1.54, 1.807) is 19.3 Å². The van der Waals surface area contributed by atoms with Crippen LogP contribution < -0.4 is 18.9 Å². The number of benzene rings is 3. The fourth-order valence-corrected chi connectivity index (χ4v) is 3.61. The SMILES string of the molecule is COc1ccc(C2Oc3ccc(O)cc3C(=O)C2=Cc2ccc3c(c2)OCO3)cc1. The molecule has 0 saturated heterocycles. The van der Waals surface area contributed by atoms with Gasteiger partial charge in [-0.15, -0.1) is 0 Å². The van der Waals surface area contributed by atoms with E-state index in [0.717, 1.165) is 11.1 Å². The van der Waals surface area contributed by atoms with Crippen LogP contribution in [0.4, 0.5) is 0 Å². The van der Waals surface area contributed by atoms with E-state index >= 15 is 0 Å². The fraction of sp³-hybridized carbons (Fsp3) is 0.125. The topological polar surface area (TPSA) is 74.2 Å². The number of hydrogen-bond donors (Lipinski definition) is 1. The van der Waals surface area contributed by atoms with Crippen LogP contribution in [0.25, 0.3) is 6.08 Å². The molecule has 5 rings (SSSR count). The van der Waals surface area contributed by atoms with Crippen LogP contribution in [0.3, 0.4) is 0 Å². The molecule has 1 unspecified atom stereocenters. The van der Waals surface area contributed by atoms with Crippen LogP contribution in [0, 0.1) is 0 Å². The fourth-order valence-electron chi connectivity index (χ4n) is 3.61. The number of Topliss-reactive ketones (excluding diaryl/α,β-unsaturated/α-hetero) is 1. The van der Waals surface area contributed by atoms with E-state index < -0.39 is 6.10 Å². The molecule has 2 aliphatic heterocycles. The lowest BCUT2D eigenvalue weighted by Gasteiger charge is -2.28. The van der Waals surface area contributed by atoms with Gasteiger partial charge < -0.3 is 24.1 Å². The Hall–Kier alpha value is -3.93. The Balaban J connectivity index is 1.62. The van der Waals surface area contributed by atoms with Gasteiger partial charge in [0.1, 0.15) is 17.2 Å². The van der Waals surface area contributed by atoms with Gasteiger partial charge in [0, 0.05) is 5.57 Å². The molecule has 3 aromatic rings. The van der Waals surface area contributed by atoms with Crippen LogP contribution in [0.15, 0.2) is 66.2 Å². The average molecular weight is 402 g/mol.